The van der Waals surface area contributed by atoms with E-state index in [1.165, 1.54) is 26.0 Å². The molecule has 5 rings (SSSR count). The molecule has 3 aromatic carbocycles. The van der Waals surface area contributed by atoms with Gasteiger partial charge < -0.3 is 14.4 Å². The van der Waals surface area contributed by atoms with Crippen molar-refractivity contribution in [3.05, 3.63) is 119 Å². The largest absolute Gasteiger partial charge is 0.468 e. The smallest absolute Gasteiger partial charge is 0.335 e. The molecule has 204 valence electrons. The fraction of sp³-hybridized carbons (Fsp3) is 0.219. The Kier molecular flexibility index (Phi) is 7.54. The molecule has 0 saturated carbocycles. The van der Waals surface area contributed by atoms with Crippen LogP contribution in [0.25, 0.3) is 0 Å². The maximum atomic E-state index is 14.1. The molecule has 2 aliphatic rings. The quantitative estimate of drug-likeness (QED) is 0.263. The number of amidine groups is 1. The average Bonchev–Trinajstić information content (AvgIpc) is 3.51. The van der Waals surface area contributed by atoms with Crippen molar-refractivity contribution in [1.29, 1.82) is 0 Å². The number of aliphatic imine (C=N–C) groups is 1. The predicted molar refractivity (Wildman–Crippen MR) is 159 cm³/mol. The standard InChI is InChI=1S/C32H31N3O4S/c1-23(28(36)38-3)27-32(34(20-21-40-32)22-24-14-8-5-9-15-24)31(2,30(37)39-4)29(33-25-16-10-6-11-17-25)35(27)26-18-12-7-13-19-26/h5-21H,22H2,1-4H3/b27-23+,33-29?/t31-,32-/m0/s1. The molecule has 0 amide bonds. The Bertz CT molecular complexity index is 1490. The number of hydrogen-bond donors (Lipinski definition) is 0. The third-order valence-corrected chi connectivity index (χ3v) is 8.84. The van der Waals surface area contributed by atoms with E-state index in [0.717, 1.165) is 11.3 Å². The fourth-order valence-corrected chi connectivity index (χ4v) is 6.94. The average molecular weight is 554 g/mol. The van der Waals surface area contributed by atoms with Crippen LogP contribution >= 0.6 is 11.8 Å². The Labute approximate surface area is 238 Å². The zero-order chi connectivity index (χ0) is 28.3. The summed E-state index contributed by atoms with van der Waals surface area (Å²) < 4.78 is 10.8. The third-order valence-electron chi connectivity index (χ3n) is 7.41. The van der Waals surface area contributed by atoms with Crippen LogP contribution in [0.2, 0.25) is 0 Å². The number of esters is 2. The molecular weight excluding hydrogens is 522 g/mol. The van der Waals surface area contributed by atoms with Crippen LogP contribution in [0.1, 0.15) is 19.4 Å². The van der Waals surface area contributed by atoms with E-state index in [2.05, 4.69) is 4.90 Å². The second-order valence-corrected chi connectivity index (χ2v) is 10.8. The second kappa shape index (κ2) is 11.1. The maximum Gasteiger partial charge on any atom is 0.335 e. The fourth-order valence-electron chi connectivity index (χ4n) is 5.51. The molecule has 2 atom stereocenters. The van der Waals surface area contributed by atoms with Crippen molar-refractivity contribution in [2.45, 2.75) is 25.3 Å². The van der Waals surface area contributed by atoms with Gasteiger partial charge in [-0.15, -0.1) is 0 Å². The van der Waals surface area contributed by atoms with E-state index < -0.39 is 22.2 Å². The minimum atomic E-state index is -1.36. The van der Waals surface area contributed by atoms with Crippen molar-refractivity contribution in [2.24, 2.45) is 10.4 Å². The van der Waals surface area contributed by atoms with Gasteiger partial charge in [-0.05, 0) is 49.1 Å². The highest BCUT2D eigenvalue weighted by Gasteiger charge is 2.72. The zero-order valence-corrected chi connectivity index (χ0v) is 23.7. The highest BCUT2D eigenvalue weighted by atomic mass is 32.2. The van der Waals surface area contributed by atoms with Crippen LogP contribution in [0.4, 0.5) is 11.4 Å². The normalized spacial score (nSPS) is 24.1. The molecule has 8 heteroatoms. The first kappa shape index (κ1) is 27.3. The number of benzene rings is 3. The molecule has 40 heavy (non-hydrogen) atoms. The van der Waals surface area contributed by atoms with E-state index in [9.17, 15) is 9.59 Å². The zero-order valence-electron chi connectivity index (χ0n) is 22.9. The molecule has 1 fully saturated rings. The molecule has 2 heterocycles. The van der Waals surface area contributed by atoms with E-state index in [-0.39, 0.29) is 0 Å². The summed E-state index contributed by atoms with van der Waals surface area (Å²) >= 11 is 1.46. The van der Waals surface area contributed by atoms with Crippen molar-refractivity contribution in [1.82, 2.24) is 4.90 Å². The molecule has 1 saturated heterocycles. The van der Waals surface area contributed by atoms with Gasteiger partial charge in [-0.2, -0.15) is 0 Å². The number of hydrogen-bond acceptors (Lipinski definition) is 7. The van der Waals surface area contributed by atoms with Crippen LogP contribution in [-0.4, -0.2) is 41.8 Å². The first-order valence-electron chi connectivity index (χ1n) is 12.9. The monoisotopic (exact) mass is 553 g/mol. The molecule has 7 nitrogen and oxygen atoms in total. The Balaban J connectivity index is 1.89. The SMILES string of the molecule is COC(=O)/C(C)=C1/N(c2ccccc2)C(=Nc2ccccc2)[C@@](C)(C(=O)OC)[C@@]12SC=CN2Cc1ccccc1. The molecule has 0 aliphatic carbocycles. The molecule has 0 aromatic heterocycles. The first-order valence-corrected chi connectivity index (χ1v) is 13.8. The van der Waals surface area contributed by atoms with Gasteiger partial charge in [-0.25, -0.2) is 9.79 Å². The number of anilines is 1. The Morgan fingerprint density at radius 3 is 2.08 bits per heavy atom. The van der Waals surface area contributed by atoms with Gasteiger partial charge in [-0.3, -0.25) is 9.69 Å². The predicted octanol–water partition coefficient (Wildman–Crippen LogP) is 6.28. The molecule has 3 aromatic rings. The lowest BCUT2D eigenvalue weighted by Gasteiger charge is -2.44. The number of rotatable bonds is 6. The van der Waals surface area contributed by atoms with E-state index in [1.807, 2.05) is 114 Å². The lowest BCUT2D eigenvalue weighted by atomic mass is 9.80. The van der Waals surface area contributed by atoms with E-state index in [1.54, 1.807) is 6.92 Å². The van der Waals surface area contributed by atoms with Crippen LogP contribution in [-0.2, 0) is 25.6 Å². The number of ether oxygens (including phenoxy) is 2. The lowest BCUT2D eigenvalue weighted by Crippen LogP contribution is -2.57. The van der Waals surface area contributed by atoms with Gasteiger partial charge in [0, 0.05) is 18.4 Å². The van der Waals surface area contributed by atoms with Gasteiger partial charge >= 0.3 is 11.9 Å². The summed E-state index contributed by atoms with van der Waals surface area (Å²) in [5.74, 6) is -0.509. The van der Waals surface area contributed by atoms with Crippen LogP contribution < -0.4 is 4.90 Å². The number of thioether (sulfide) groups is 1. The molecule has 1 spiro atoms. The summed E-state index contributed by atoms with van der Waals surface area (Å²) in [4.78, 5) is 35.4. The van der Waals surface area contributed by atoms with E-state index in [0.29, 0.717) is 29.3 Å². The number of carbonyl (C=O) groups excluding carboxylic acids is 2. The van der Waals surface area contributed by atoms with Gasteiger partial charge in [0.15, 0.2) is 10.3 Å². The topological polar surface area (TPSA) is 71.4 Å². The van der Waals surface area contributed by atoms with Crippen LogP contribution in [0.3, 0.4) is 0 Å². The number of nitrogens with zero attached hydrogens (tertiary/aromatic N) is 3. The van der Waals surface area contributed by atoms with E-state index in [4.69, 9.17) is 14.5 Å². The van der Waals surface area contributed by atoms with Crippen molar-refractivity contribution < 1.29 is 19.1 Å². The Hall–Kier alpha value is -4.30. The van der Waals surface area contributed by atoms with Crippen molar-refractivity contribution >= 4 is 40.9 Å². The van der Waals surface area contributed by atoms with E-state index >= 15 is 0 Å². The van der Waals surface area contributed by atoms with Crippen molar-refractivity contribution in [2.75, 3.05) is 19.1 Å². The third kappa shape index (κ3) is 4.29. The van der Waals surface area contributed by atoms with Gasteiger partial charge in [-0.1, -0.05) is 78.5 Å². The van der Waals surface area contributed by atoms with Crippen molar-refractivity contribution in [3.8, 4) is 0 Å². The van der Waals surface area contributed by atoms with Crippen LogP contribution in [0.5, 0.6) is 0 Å². The molecule has 0 radical (unpaired) electrons. The molecular formula is C32H31N3O4S. The summed E-state index contributed by atoms with van der Waals surface area (Å²) in [5, 5.41) is 1.96. The summed E-state index contributed by atoms with van der Waals surface area (Å²) in [6.45, 7) is 4.07. The molecule has 2 aliphatic heterocycles. The number of methoxy groups -OCH3 is 2. The minimum absolute atomic E-state index is 0.369. The summed E-state index contributed by atoms with van der Waals surface area (Å²) in [6, 6.07) is 29.2. The van der Waals surface area contributed by atoms with Gasteiger partial charge in [0.2, 0.25) is 0 Å². The van der Waals surface area contributed by atoms with Gasteiger partial charge in [0.1, 0.15) is 5.84 Å². The first-order chi connectivity index (χ1) is 19.4. The number of para-hydroxylation sites is 2. The maximum absolute atomic E-state index is 14.1. The van der Waals surface area contributed by atoms with Crippen LogP contribution in [0.15, 0.2) is 119 Å². The second-order valence-electron chi connectivity index (χ2n) is 9.68. The van der Waals surface area contributed by atoms with Crippen molar-refractivity contribution in [3.63, 3.8) is 0 Å². The molecule has 0 bridgehead atoms. The lowest BCUT2D eigenvalue weighted by molar-refractivity contribution is -0.150. The Morgan fingerprint density at radius 2 is 1.48 bits per heavy atom. The Morgan fingerprint density at radius 1 is 0.875 bits per heavy atom. The minimum Gasteiger partial charge on any atom is -0.468 e. The summed E-state index contributed by atoms with van der Waals surface area (Å²) in [6.07, 6.45) is 1.97. The highest BCUT2D eigenvalue weighted by molar-refractivity contribution is 8.04. The summed E-state index contributed by atoms with van der Waals surface area (Å²) in [7, 11) is 2.75. The molecule has 0 unspecified atom stereocenters. The van der Waals surface area contributed by atoms with Gasteiger partial charge in [0.05, 0.1) is 31.2 Å². The summed E-state index contributed by atoms with van der Waals surface area (Å²) in [5.41, 5.74) is 2.09. The highest BCUT2D eigenvalue weighted by Crippen LogP contribution is 2.63. The van der Waals surface area contributed by atoms with Crippen LogP contribution in [0, 0.1) is 5.41 Å². The number of carbonyl (C=O) groups is 2. The molecule has 0 N–H and O–H groups in total. The van der Waals surface area contributed by atoms with Gasteiger partial charge in [0.25, 0.3) is 0 Å².